The number of carboxylic acid groups (broad SMARTS) is 1. The number of hydrogen-bond acceptors (Lipinski definition) is 6. The zero-order valence-electron chi connectivity index (χ0n) is 19.1. The van der Waals surface area contributed by atoms with Crippen molar-refractivity contribution in [2.75, 3.05) is 14.2 Å². The van der Waals surface area contributed by atoms with E-state index in [1.165, 1.54) is 25.7 Å². The average molecular weight is 481 g/mol. The van der Waals surface area contributed by atoms with Crippen molar-refractivity contribution in [2.24, 2.45) is 0 Å². The molecule has 0 amide bonds. The quantitative estimate of drug-likeness (QED) is 0.522. The van der Waals surface area contributed by atoms with Crippen LogP contribution >= 0.6 is 11.6 Å². The zero-order valence-corrected chi connectivity index (χ0v) is 19.8. The maximum atomic E-state index is 11.2. The smallest absolute Gasteiger partial charge is 0.335 e. The Bertz CT molecular complexity index is 1090. The molecular weight excluding hydrogens is 456 g/mol. The van der Waals surface area contributed by atoms with Crippen molar-refractivity contribution in [1.29, 1.82) is 10.5 Å². The van der Waals surface area contributed by atoms with Gasteiger partial charge in [0.2, 0.25) is 0 Å². The Balaban J connectivity index is 0.000000191. The number of methoxy groups -OCH3 is 2. The molecule has 2 fully saturated rings. The molecule has 0 saturated heterocycles. The van der Waals surface area contributed by atoms with Gasteiger partial charge in [-0.1, -0.05) is 12.8 Å². The molecule has 0 spiro atoms. The molecule has 4 rings (SSSR count). The van der Waals surface area contributed by atoms with Crippen LogP contribution in [0.15, 0.2) is 24.3 Å². The third-order valence-corrected chi connectivity index (χ3v) is 6.67. The number of carbonyl (C=O) groups excluding carboxylic acids is 1. The van der Waals surface area contributed by atoms with Gasteiger partial charge in [0.1, 0.15) is 23.6 Å². The van der Waals surface area contributed by atoms with Crippen molar-refractivity contribution >= 4 is 22.8 Å². The molecule has 2 aliphatic rings. The second-order valence-electron chi connectivity index (χ2n) is 8.35. The fourth-order valence-electron chi connectivity index (χ4n) is 4.21. The van der Waals surface area contributed by atoms with Gasteiger partial charge in [0.25, 0.3) is 5.24 Å². The van der Waals surface area contributed by atoms with E-state index in [1.54, 1.807) is 19.2 Å². The second-order valence-corrected chi connectivity index (χ2v) is 8.69. The molecule has 0 unspecified atom stereocenters. The van der Waals surface area contributed by atoms with E-state index in [-0.39, 0.29) is 5.56 Å². The minimum absolute atomic E-state index is 0.157. The van der Waals surface area contributed by atoms with Gasteiger partial charge in [-0.3, -0.25) is 4.79 Å². The number of nitrogens with zero attached hydrogens (tertiary/aromatic N) is 2. The first-order chi connectivity index (χ1) is 16.3. The molecule has 7 nitrogen and oxygen atoms in total. The van der Waals surface area contributed by atoms with E-state index in [0.29, 0.717) is 40.0 Å². The lowest BCUT2D eigenvalue weighted by Gasteiger charge is -2.28. The van der Waals surface area contributed by atoms with E-state index in [0.717, 1.165) is 43.2 Å². The van der Waals surface area contributed by atoms with E-state index in [2.05, 4.69) is 0 Å². The third-order valence-electron chi connectivity index (χ3n) is 6.45. The Morgan fingerprint density at radius 1 is 0.853 bits per heavy atom. The summed E-state index contributed by atoms with van der Waals surface area (Å²) in [6.07, 6.45) is 6.53. The van der Waals surface area contributed by atoms with Gasteiger partial charge in [-0.2, -0.15) is 10.5 Å². The van der Waals surface area contributed by atoms with Crippen molar-refractivity contribution in [1.82, 2.24) is 0 Å². The van der Waals surface area contributed by atoms with Gasteiger partial charge in [-0.15, -0.1) is 0 Å². The van der Waals surface area contributed by atoms with E-state index >= 15 is 0 Å². The lowest BCUT2D eigenvalue weighted by atomic mass is 9.78. The summed E-state index contributed by atoms with van der Waals surface area (Å²) in [6.45, 7) is 0. The Hall–Kier alpha value is -3.55. The highest BCUT2D eigenvalue weighted by molar-refractivity contribution is 6.67. The fourth-order valence-corrected chi connectivity index (χ4v) is 4.32. The summed E-state index contributed by atoms with van der Waals surface area (Å²) in [6, 6.07) is 10.3. The number of carbonyl (C=O) groups is 2. The fraction of sp³-hybridized carbons (Fsp3) is 0.385. The predicted octanol–water partition coefficient (Wildman–Crippen LogP) is 5.75. The SMILES string of the molecule is COc1c(C#N)cc(C(=O)Cl)cc1C1CCC1.COc1c(C#N)cc(C(=O)O)cc1C1CCC1. The molecule has 0 aromatic heterocycles. The number of hydrogen-bond donors (Lipinski definition) is 1. The summed E-state index contributed by atoms with van der Waals surface area (Å²) in [7, 11) is 3.05. The van der Waals surface area contributed by atoms with Gasteiger partial charge < -0.3 is 14.6 Å². The maximum absolute atomic E-state index is 11.2. The highest BCUT2D eigenvalue weighted by Gasteiger charge is 2.27. The largest absolute Gasteiger partial charge is 0.495 e. The molecule has 2 aromatic rings. The van der Waals surface area contributed by atoms with Crippen LogP contribution in [0.1, 0.15) is 93.3 Å². The maximum Gasteiger partial charge on any atom is 0.335 e. The van der Waals surface area contributed by atoms with Gasteiger partial charge in [0.05, 0.1) is 30.9 Å². The van der Waals surface area contributed by atoms with Crippen molar-refractivity contribution in [3.8, 4) is 23.6 Å². The molecule has 0 bridgehead atoms. The Morgan fingerprint density at radius 2 is 1.26 bits per heavy atom. The second kappa shape index (κ2) is 11.0. The Morgan fingerprint density at radius 3 is 1.56 bits per heavy atom. The summed E-state index contributed by atoms with van der Waals surface area (Å²) in [4.78, 5) is 22.2. The first-order valence-electron chi connectivity index (χ1n) is 11.0. The number of rotatable bonds is 6. The summed E-state index contributed by atoms with van der Waals surface area (Å²) in [5.74, 6) is 0.815. The van der Waals surface area contributed by atoms with Crippen LogP contribution in [0.5, 0.6) is 11.5 Å². The minimum Gasteiger partial charge on any atom is -0.495 e. The summed E-state index contributed by atoms with van der Waals surface area (Å²) < 4.78 is 10.5. The first kappa shape index (κ1) is 25.1. The van der Waals surface area contributed by atoms with Gasteiger partial charge >= 0.3 is 5.97 Å². The number of ether oxygens (including phenoxy) is 2. The topological polar surface area (TPSA) is 120 Å². The number of benzene rings is 2. The number of carboxylic acids is 1. The summed E-state index contributed by atoms with van der Waals surface area (Å²) in [5, 5.41) is 26.6. The lowest BCUT2D eigenvalue weighted by Crippen LogP contribution is -2.12. The van der Waals surface area contributed by atoms with E-state index in [9.17, 15) is 9.59 Å². The van der Waals surface area contributed by atoms with E-state index in [4.69, 9.17) is 36.7 Å². The van der Waals surface area contributed by atoms with Crippen LogP contribution < -0.4 is 9.47 Å². The van der Waals surface area contributed by atoms with Crippen LogP contribution in [0.25, 0.3) is 0 Å². The van der Waals surface area contributed by atoms with Crippen LogP contribution in [-0.4, -0.2) is 30.5 Å². The van der Waals surface area contributed by atoms with Crippen LogP contribution in [0.2, 0.25) is 0 Å². The molecule has 0 aliphatic heterocycles. The Labute approximate surface area is 203 Å². The van der Waals surface area contributed by atoms with Crippen LogP contribution in [0.4, 0.5) is 0 Å². The number of nitriles is 2. The highest BCUT2D eigenvalue weighted by atomic mass is 35.5. The van der Waals surface area contributed by atoms with Crippen LogP contribution in [0.3, 0.4) is 0 Å². The monoisotopic (exact) mass is 480 g/mol. The van der Waals surface area contributed by atoms with E-state index < -0.39 is 11.2 Å². The molecule has 8 heteroatoms. The van der Waals surface area contributed by atoms with Crippen molar-refractivity contribution < 1.29 is 24.2 Å². The molecule has 1 N–H and O–H groups in total. The molecule has 34 heavy (non-hydrogen) atoms. The normalized spacial score (nSPS) is 14.9. The lowest BCUT2D eigenvalue weighted by molar-refractivity contribution is 0.0696. The standard InChI is InChI=1S/C13H12ClNO2.C13H13NO3/c1-17-12-10(7-15)5-9(13(14)16)6-11(12)8-3-2-4-8;1-17-12-10(7-14)5-9(13(15)16)6-11(12)8-3-2-4-8/h5-6,8H,2-4H2,1H3;5-6,8H,2-4H2,1H3,(H,15,16). The number of halogens is 1. The van der Waals surface area contributed by atoms with Gasteiger partial charge in [0.15, 0.2) is 0 Å². The summed E-state index contributed by atoms with van der Waals surface area (Å²) in [5.41, 5.74) is 2.99. The molecule has 2 aromatic carbocycles. The average Bonchev–Trinajstić information content (AvgIpc) is 2.75. The van der Waals surface area contributed by atoms with Gasteiger partial charge in [-0.25, -0.2) is 4.79 Å². The van der Waals surface area contributed by atoms with Crippen molar-refractivity contribution in [3.05, 3.63) is 57.6 Å². The van der Waals surface area contributed by atoms with Crippen molar-refractivity contribution in [3.63, 3.8) is 0 Å². The third kappa shape index (κ3) is 5.16. The van der Waals surface area contributed by atoms with Crippen LogP contribution in [0, 0.1) is 22.7 Å². The van der Waals surface area contributed by atoms with Gasteiger partial charge in [0, 0.05) is 5.56 Å². The first-order valence-corrected chi connectivity index (χ1v) is 11.4. The molecular formula is C26H25ClN2O5. The molecule has 0 heterocycles. The Kier molecular flexibility index (Phi) is 8.15. The minimum atomic E-state index is -1.01. The highest BCUT2D eigenvalue weighted by Crippen LogP contribution is 2.43. The molecule has 2 aliphatic carbocycles. The molecule has 0 atom stereocenters. The molecule has 0 radical (unpaired) electrons. The zero-order chi connectivity index (χ0) is 24.8. The molecule has 2 saturated carbocycles. The molecule has 176 valence electrons. The summed E-state index contributed by atoms with van der Waals surface area (Å²) >= 11 is 5.48. The van der Waals surface area contributed by atoms with E-state index in [1.807, 2.05) is 12.1 Å². The number of aromatic carboxylic acids is 1. The van der Waals surface area contributed by atoms with Crippen LogP contribution in [-0.2, 0) is 0 Å². The van der Waals surface area contributed by atoms with Crippen molar-refractivity contribution in [2.45, 2.75) is 50.4 Å². The predicted molar refractivity (Wildman–Crippen MR) is 126 cm³/mol. The van der Waals surface area contributed by atoms with Gasteiger partial charge in [-0.05, 0) is 84.5 Å².